The average Bonchev–Trinajstić information content (AvgIpc) is 3.65. The van der Waals surface area contributed by atoms with Crippen molar-refractivity contribution < 1.29 is 35.8 Å². The van der Waals surface area contributed by atoms with Gasteiger partial charge in [0.05, 0.1) is 71.8 Å². The van der Waals surface area contributed by atoms with Gasteiger partial charge in [-0.25, -0.2) is 15.0 Å². The number of alkyl halides is 6. The van der Waals surface area contributed by atoms with Crippen LogP contribution in [-0.4, -0.2) is 35.2 Å². The zero-order valence-electron chi connectivity index (χ0n) is 28.4. The molecule has 0 radical (unpaired) electrons. The van der Waals surface area contributed by atoms with E-state index in [1.54, 1.807) is 23.1 Å². The van der Waals surface area contributed by atoms with Crippen molar-refractivity contribution in [3.05, 3.63) is 100.0 Å². The molecule has 272 valence electrons. The van der Waals surface area contributed by atoms with Crippen molar-refractivity contribution in [2.75, 3.05) is 30.0 Å². The second kappa shape index (κ2) is 16.2. The van der Waals surface area contributed by atoms with Crippen molar-refractivity contribution in [1.29, 1.82) is 10.5 Å². The standard InChI is InChI=1S/C37H35F6N7O2/c1-3-49(20-24-6-4-5-7-24)33-8-9-34(51-2)48-32(33)22-50(21-27-10-25(16-44)12-29(14-27)36(38,39)40)35-46-18-31(19-47-35)52-23-28-11-26(17-45)13-30(15-28)37(41,42)43/h8-15,18-19,24H,3-7,20-23H2,1-2H3. The van der Waals surface area contributed by atoms with E-state index in [1.807, 2.05) is 13.0 Å². The molecule has 2 heterocycles. The zero-order valence-corrected chi connectivity index (χ0v) is 28.4. The molecule has 1 saturated carbocycles. The van der Waals surface area contributed by atoms with Crippen molar-refractivity contribution in [2.45, 2.75) is 64.7 Å². The van der Waals surface area contributed by atoms with E-state index < -0.39 is 23.5 Å². The van der Waals surface area contributed by atoms with Gasteiger partial charge in [0, 0.05) is 25.7 Å². The molecular weight excluding hydrogens is 688 g/mol. The van der Waals surface area contributed by atoms with E-state index in [4.69, 9.17) is 14.5 Å². The molecular formula is C37H35F6N7O2. The Balaban J connectivity index is 1.48. The Labute approximate surface area is 297 Å². The number of nitriles is 2. The molecule has 1 aliphatic carbocycles. The smallest absolute Gasteiger partial charge is 0.416 e. The summed E-state index contributed by atoms with van der Waals surface area (Å²) < 4.78 is 92.6. The van der Waals surface area contributed by atoms with Crippen LogP contribution in [0.2, 0.25) is 0 Å². The molecule has 0 amide bonds. The van der Waals surface area contributed by atoms with E-state index in [1.165, 1.54) is 44.5 Å². The molecule has 15 heteroatoms. The highest BCUT2D eigenvalue weighted by molar-refractivity contribution is 5.54. The number of aromatic nitrogens is 3. The fraction of sp³-hybridized carbons (Fsp3) is 0.378. The molecule has 0 bridgehead atoms. The van der Waals surface area contributed by atoms with Crippen LogP contribution in [-0.2, 0) is 32.0 Å². The highest BCUT2D eigenvalue weighted by Gasteiger charge is 2.32. The summed E-state index contributed by atoms with van der Waals surface area (Å²) in [5, 5.41) is 18.7. The SMILES string of the molecule is CCN(CC1CCCC1)c1ccc(OC)nc1CN(Cc1cc(C#N)cc(C(F)(F)F)c1)c1ncc(OCc2cc(C#N)cc(C(F)(F)F)c2)cn1. The van der Waals surface area contributed by atoms with E-state index in [0.717, 1.165) is 49.3 Å². The second-order valence-electron chi connectivity index (χ2n) is 12.4. The van der Waals surface area contributed by atoms with E-state index in [9.17, 15) is 36.9 Å². The van der Waals surface area contributed by atoms with Crippen LogP contribution < -0.4 is 19.3 Å². The first-order valence-corrected chi connectivity index (χ1v) is 16.5. The first-order valence-electron chi connectivity index (χ1n) is 16.5. The Morgan fingerprint density at radius 1 is 0.808 bits per heavy atom. The lowest BCUT2D eigenvalue weighted by Crippen LogP contribution is -2.31. The van der Waals surface area contributed by atoms with Gasteiger partial charge in [-0.1, -0.05) is 12.8 Å². The number of nitrogens with zero attached hydrogens (tertiary/aromatic N) is 7. The van der Waals surface area contributed by atoms with Gasteiger partial charge < -0.3 is 19.3 Å². The second-order valence-corrected chi connectivity index (χ2v) is 12.4. The molecule has 0 unspecified atom stereocenters. The maximum absolute atomic E-state index is 13.8. The lowest BCUT2D eigenvalue weighted by Gasteiger charge is -2.30. The van der Waals surface area contributed by atoms with Crippen molar-refractivity contribution in [3.63, 3.8) is 0 Å². The van der Waals surface area contributed by atoms with Crippen LogP contribution in [0.5, 0.6) is 11.6 Å². The Bertz CT molecular complexity index is 1930. The van der Waals surface area contributed by atoms with E-state index >= 15 is 0 Å². The number of halogens is 6. The number of methoxy groups -OCH3 is 1. The highest BCUT2D eigenvalue weighted by atomic mass is 19.4. The molecule has 2 aromatic heterocycles. The monoisotopic (exact) mass is 723 g/mol. The normalized spacial score (nSPS) is 13.3. The maximum atomic E-state index is 13.8. The van der Waals surface area contributed by atoms with Crippen LogP contribution in [0.3, 0.4) is 0 Å². The van der Waals surface area contributed by atoms with Crippen molar-refractivity contribution in [2.24, 2.45) is 5.92 Å². The Hall–Kier alpha value is -5.57. The third-order valence-corrected chi connectivity index (χ3v) is 8.72. The number of rotatable bonds is 13. The van der Waals surface area contributed by atoms with Gasteiger partial charge in [-0.3, -0.25) is 0 Å². The van der Waals surface area contributed by atoms with Gasteiger partial charge in [0.15, 0.2) is 5.75 Å². The van der Waals surface area contributed by atoms with Crippen LogP contribution in [0.15, 0.2) is 60.9 Å². The third kappa shape index (κ3) is 9.60. The lowest BCUT2D eigenvalue weighted by molar-refractivity contribution is -0.138. The van der Waals surface area contributed by atoms with Crippen LogP contribution in [0, 0.1) is 28.6 Å². The maximum Gasteiger partial charge on any atom is 0.416 e. The van der Waals surface area contributed by atoms with Gasteiger partial charge in [0.25, 0.3) is 0 Å². The summed E-state index contributed by atoms with van der Waals surface area (Å²) in [5.74, 6) is 1.03. The quantitative estimate of drug-likeness (QED) is 0.126. The number of pyridine rings is 1. The van der Waals surface area contributed by atoms with Gasteiger partial charge in [0.2, 0.25) is 11.8 Å². The van der Waals surface area contributed by atoms with Crippen molar-refractivity contribution in [1.82, 2.24) is 15.0 Å². The van der Waals surface area contributed by atoms with Crippen LogP contribution in [0.4, 0.5) is 38.0 Å². The largest absolute Gasteiger partial charge is 0.486 e. The van der Waals surface area contributed by atoms with Crippen molar-refractivity contribution >= 4 is 11.6 Å². The summed E-state index contributed by atoms with van der Waals surface area (Å²) in [5.41, 5.74) is -0.655. The third-order valence-electron chi connectivity index (χ3n) is 8.72. The number of hydrogen-bond acceptors (Lipinski definition) is 9. The minimum absolute atomic E-state index is 0.0349. The molecule has 1 aliphatic rings. The summed E-state index contributed by atoms with van der Waals surface area (Å²) in [6, 6.07) is 13.2. The molecule has 52 heavy (non-hydrogen) atoms. The molecule has 9 nitrogen and oxygen atoms in total. The van der Waals surface area contributed by atoms with Crippen LogP contribution in [0.25, 0.3) is 0 Å². The van der Waals surface area contributed by atoms with E-state index in [2.05, 4.69) is 14.9 Å². The number of ether oxygens (including phenoxy) is 2. The predicted molar refractivity (Wildman–Crippen MR) is 179 cm³/mol. The summed E-state index contributed by atoms with van der Waals surface area (Å²) in [6.45, 7) is 3.09. The topological polar surface area (TPSA) is 111 Å². The molecule has 5 rings (SSSR count). The van der Waals surface area contributed by atoms with Gasteiger partial charge >= 0.3 is 12.4 Å². The highest BCUT2D eigenvalue weighted by Crippen LogP contribution is 2.34. The summed E-state index contributed by atoms with van der Waals surface area (Å²) >= 11 is 0. The number of benzene rings is 2. The molecule has 2 aromatic carbocycles. The molecule has 4 aromatic rings. The summed E-state index contributed by atoms with van der Waals surface area (Å²) in [4.78, 5) is 17.4. The Kier molecular flexibility index (Phi) is 11.7. The minimum Gasteiger partial charge on any atom is -0.486 e. The minimum atomic E-state index is -4.70. The lowest BCUT2D eigenvalue weighted by atomic mass is 10.0. The Morgan fingerprint density at radius 2 is 1.40 bits per heavy atom. The zero-order chi connectivity index (χ0) is 37.5. The van der Waals surface area contributed by atoms with Crippen molar-refractivity contribution in [3.8, 4) is 23.8 Å². The number of anilines is 2. The van der Waals surface area contributed by atoms with E-state index in [-0.39, 0.29) is 53.6 Å². The molecule has 0 saturated heterocycles. The summed E-state index contributed by atoms with van der Waals surface area (Å²) in [6.07, 6.45) is -2.20. The first-order chi connectivity index (χ1) is 24.8. The van der Waals surface area contributed by atoms with Crippen LogP contribution >= 0.6 is 0 Å². The van der Waals surface area contributed by atoms with Gasteiger partial charge in [-0.15, -0.1) is 0 Å². The van der Waals surface area contributed by atoms with Gasteiger partial charge in [-0.2, -0.15) is 36.9 Å². The molecule has 0 N–H and O–H groups in total. The van der Waals surface area contributed by atoms with Gasteiger partial charge in [-0.05, 0) is 79.3 Å². The molecule has 0 atom stereocenters. The fourth-order valence-electron chi connectivity index (χ4n) is 6.22. The summed E-state index contributed by atoms with van der Waals surface area (Å²) in [7, 11) is 1.48. The van der Waals surface area contributed by atoms with Crippen LogP contribution in [0.1, 0.15) is 71.7 Å². The molecule has 0 spiro atoms. The first kappa shape index (κ1) is 37.7. The Morgan fingerprint density at radius 3 is 1.96 bits per heavy atom. The molecule has 0 aliphatic heterocycles. The average molecular weight is 724 g/mol. The fourth-order valence-corrected chi connectivity index (χ4v) is 6.22. The van der Waals surface area contributed by atoms with Gasteiger partial charge in [0.1, 0.15) is 6.61 Å². The predicted octanol–water partition coefficient (Wildman–Crippen LogP) is 8.46. The molecule has 1 fully saturated rings. The number of hydrogen-bond donors (Lipinski definition) is 0. The van der Waals surface area contributed by atoms with E-state index in [0.29, 0.717) is 24.0 Å².